The van der Waals surface area contributed by atoms with Crippen molar-refractivity contribution in [3.8, 4) is 0 Å². The summed E-state index contributed by atoms with van der Waals surface area (Å²) in [6.07, 6.45) is 3.20. The molecule has 0 saturated heterocycles. The van der Waals surface area contributed by atoms with Crippen molar-refractivity contribution in [1.29, 1.82) is 0 Å². The van der Waals surface area contributed by atoms with E-state index in [0.29, 0.717) is 0 Å². The summed E-state index contributed by atoms with van der Waals surface area (Å²) in [7, 11) is 0. The Morgan fingerprint density at radius 2 is 1.35 bits per heavy atom. The van der Waals surface area contributed by atoms with Crippen LogP contribution in [-0.2, 0) is 4.79 Å². The fourth-order valence-corrected chi connectivity index (χ4v) is 3.15. The molecule has 0 aromatic heterocycles. The topological polar surface area (TPSA) is 43.1 Å². The molecular weight excluding hydrogens is 314 g/mol. The minimum absolute atomic E-state index is 0.443. The largest absolute Gasteiger partial charge is 0.366 e. The molecule has 3 rings (SSSR count). The Morgan fingerprint density at radius 1 is 0.900 bits per heavy atom. The second-order valence-electron chi connectivity index (χ2n) is 4.55. The van der Waals surface area contributed by atoms with Crippen LogP contribution >= 0.6 is 15.9 Å². The Morgan fingerprint density at radius 3 is 1.80 bits per heavy atom. The minimum Gasteiger partial charge on any atom is -0.366 e. The first-order valence-corrected chi connectivity index (χ1v) is 7.04. The van der Waals surface area contributed by atoms with Gasteiger partial charge in [0.1, 0.15) is 0 Å². The van der Waals surface area contributed by atoms with Crippen LogP contribution in [0.1, 0.15) is 5.56 Å². The molecule has 0 bridgehead atoms. The highest BCUT2D eigenvalue weighted by molar-refractivity contribution is 9.10. The molecule has 0 unspecified atom stereocenters. The average molecular weight is 326 g/mol. The molecule has 0 heterocycles. The van der Waals surface area contributed by atoms with E-state index >= 15 is 0 Å². The van der Waals surface area contributed by atoms with Crippen molar-refractivity contribution >= 4 is 49.5 Å². The molecule has 0 aliphatic carbocycles. The third-order valence-electron chi connectivity index (χ3n) is 3.32. The molecule has 1 amide bonds. The number of benzene rings is 3. The molecule has 0 radical (unpaired) electrons. The molecule has 20 heavy (non-hydrogen) atoms. The second kappa shape index (κ2) is 5.10. The number of carbonyl (C=O) groups excluding carboxylic acids is 1. The van der Waals surface area contributed by atoms with Gasteiger partial charge < -0.3 is 5.73 Å². The van der Waals surface area contributed by atoms with E-state index in [-0.39, 0.29) is 0 Å². The number of fused-ring (bicyclic) bond motifs is 2. The van der Waals surface area contributed by atoms with Crippen molar-refractivity contribution in [2.75, 3.05) is 0 Å². The lowest BCUT2D eigenvalue weighted by Gasteiger charge is -2.11. The fourth-order valence-electron chi connectivity index (χ4n) is 2.45. The Balaban J connectivity index is 2.49. The number of carbonyl (C=O) groups is 1. The summed E-state index contributed by atoms with van der Waals surface area (Å²) in [5, 5.41) is 4.43. The van der Waals surface area contributed by atoms with Gasteiger partial charge >= 0.3 is 0 Å². The summed E-state index contributed by atoms with van der Waals surface area (Å²) in [6, 6.07) is 16.2. The van der Waals surface area contributed by atoms with Gasteiger partial charge in [0.05, 0.1) is 0 Å². The molecule has 2 nitrogen and oxygen atoms in total. The molecule has 3 heteroatoms. The quantitative estimate of drug-likeness (QED) is 0.555. The molecule has 0 atom stereocenters. The summed E-state index contributed by atoms with van der Waals surface area (Å²) in [5.41, 5.74) is 6.24. The number of rotatable bonds is 2. The van der Waals surface area contributed by atoms with Crippen LogP contribution in [0.5, 0.6) is 0 Å². The molecule has 0 fully saturated rings. The third kappa shape index (κ3) is 2.10. The Bertz CT molecular complexity index is 795. The van der Waals surface area contributed by atoms with Crippen LogP contribution < -0.4 is 5.73 Å². The lowest BCUT2D eigenvalue weighted by molar-refractivity contribution is -0.113. The first-order chi connectivity index (χ1) is 9.68. The Hall–Kier alpha value is -2.13. The van der Waals surface area contributed by atoms with Gasteiger partial charge in [0.15, 0.2) is 0 Å². The first-order valence-electron chi connectivity index (χ1n) is 6.25. The van der Waals surface area contributed by atoms with Crippen LogP contribution in [0.25, 0.3) is 27.6 Å². The third-order valence-corrected chi connectivity index (χ3v) is 4.18. The standard InChI is InChI=1S/C17H12BrNO/c18-17-14-7-3-1-5-11(14)13(9-10-16(19)20)12-6-2-4-8-15(12)17/h1-10H,(H2,19,20)/b10-9+. The van der Waals surface area contributed by atoms with Crippen LogP contribution in [-0.4, -0.2) is 5.91 Å². The van der Waals surface area contributed by atoms with Crippen molar-refractivity contribution in [2.45, 2.75) is 0 Å². The summed E-state index contributed by atoms with van der Waals surface area (Å²) >= 11 is 3.68. The van der Waals surface area contributed by atoms with Crippen molar-refractivity contribution in [3.63, 3.8) is 0 Å². The molecule has 0 aliphatic rings. The van der Waals surface area contributed by atoms with Crippen LogP contribution in [0.4, 0.5) is 0 Å². The fraction of sp³-hybridized carbons (Fsp3) is 0. The molecule has 0 aliphatic heterocycles. The number of hydrogen-bond acceptors (Lipinski definition) is 1. The highest BCUT2D eigenvalue weighted by Gasteiger charge is 2.09. The van der Waals surface area contributed by atoms with E-state index in [1.807, 2.05) is 36.4 Å². The maximum Gasteiger partial charge on any atom is 0.241 e. The van der Waals surface area contributed by atoms with Gasteiger partial charge in [0.25, 0.3) is 0 Å². The zero-order chi connectivity index (χ0) is 14.1. The Labute approximate surface area is 125 Å². The first kappa shape index (κ1) is 12.9. The van der Waals surface area contributed by atoms with Gasteiger partial charge in [-0.25, -0.2) is 0 Å². The minimum atomic E-state index is -0.443. The van der Waals surface area contributed by atoms with E-state index in [1.165, 1.54) is 6.08 Å². The lowest BCUT2D eigenvalue weighted by Crippen LogP contribution is -2.05. The van der Waals surface area contributed by atoms with E-state index in [9.17, 15) is 4.79 Å². The number of hydrogen-bond donors (Lipinski definition) is 1. The maximum absolute atomic E-state index is 11.0. The van der Waals surface area contributed by atoms with Gasteiger partial charge in [-0.1, -0.05) is 48.5 Å². The summed E-state index contributed by atoms with van der Waals surface area (Å²) < 4.78 is 1.07. The zero-order valence-electron chi connectivity index (χ0n) is 10.6. The number of nitrogens with two attached hydrogens (primary N) is 1. The van der Waals surface area contributed by atoms with Crippen LogP contribution in [0.3, 0.4) is 0 Å². The van der Waals surface area contributed by atoms with Gasteiger partial charge in [0, 0.05) is 10.5 Å². The molecular formula is C17H12BrNO. The second-order valence-corrected chi connectivity index (χ2v) is 5.35. The van der Waals surface area contributed by atoms with Crippen molar-refractivity contribution in [1.82, 2.24) is 0 Å². The van der Waals surface area contributed by atoms with Crippen LogP contribution in [0, 0.1) is 0 Å². The number of amides is 1. The van der Waals surface area contributed by atoms with Gasteiger partial charge in [-0.2, -0.15) is 0 Å². The molecule has 0 spiro atoms. The van der Waals surface area contributed by atoms with Crippen LogP contribution in [0.15, 0.2) is 59.1 Å². The molecule has 2 N–H and O–H groups in total. The smallest absolute Gasteiger partial charge is 0.241 e. The summed E-state index contributed by atoms with van der Waals surface area (Å²) in [6.45, 7) is 0. The SMILES string of the molecule is NC(=O)/C=C/c1c2ccccc2c(Br)c2ccccc12. The zero-order valence-corrected chi connectivity index (χ0v) is 12.2. The monoisotopic (exact) mass is 325 g/mol. The van der Waals surface area contributed by atoms with Crippen molar-refractivity contribution in [3.05, 3.63) is 64.6 Å². The molecule has 0 saturated carbocycles. The number of primary amides is 1. The van der Waals surface area contributed by atoms with E-state index in [4.69, 9.17) is 5.73 Å². The predicted molar refractivity (Wildman–Crippen MR) is 87.4 cm³/mol. The van der Waals surface area contributed by atoms with E-state index < -0.39 is 5.91 Å². The maximum atomic E-state index is 11.0. The van der Waals surface area contributed by atoms with Crippen LogP contribution in [0.2, 0.25) is 0 Å². The lowest BCUT2D eigenvalue weighted by atomic mass is 9.96. The highest BCUT2D eigenvalue weighted by atomic mass is 79.9. The van der Waals surface area contributed by atoms with E-state index in [0.717, 1.165) is 31.6 Å². The summed E-state index contributed by atoms with van der Waals surface area (Å²) in [4.78, 5) is 11.0. The van der Waals surface area contributed by atoms with Gasteiger partial charge in [-0.15, -0.1) is 0 Å². The molecule has 3 aromatic rings. The van der Waals surface area contributed by atoms with E-state index in [1.54, 1.807) is 6.08 Å². The highest BCUT2D eigenvalue weighted by Crippen LogP contribution is 2.36. The predicted octanol–water partition coefficient (Wildman–Crippen LogP) is 4.25. The van der Waals surface area contributed by atoms with Crippen molar-refractivity contribution < 1.29 is 4.79 Å². The average Bonchev–Trinajstić information content (AvgIpc) is 2.47. The molecule has 98 valence electrons. The normalized spacial score (nSPS) is 11.4. The summed E-state index contributed by atoms with van der Waals surface area (Å²) in [5.74, 6) is -0.443. The Kier molecular flexibility index (Phi) is 3.28. The number of halogens is 1. The van der Waals surface area contributed by atoms with Gasteiger partial charge in [-0.05, 0) is 49.1 Å². The molecule has 3 aromatic carbocycles. The van der Waals surface area contributed by atoms with Crippen molar-refractivity contribution in [2.24, 2.45) is 5.73 Å². The van der Waals surface area contributed by atoms with Gasteiger partial charge in [-0.3, -0.25) is 4.79 Å². The van der Waals surface area contributed by atoms with Gasteiger partial charge in [0.2, 0.25) is 5.91 Å². The van der Waals surface area contributed by atoms with E-state index in [2.05, 4.69) is 28.1 Å².